The Bertz CT molecular complexity index is 577. The van der Waals surface area contributed by atoms with E-state index in [4.69, 9.17) is 5.73 Å². The van der Waals surface area contributed by atoms with E-state index in [1.54, 1.807) is 6.07 Å². The number of benzene rings is 1. The van der Waals surface area contributed by atoms with E-state index in [-0.39, 0.29) is 11.6 Å². The number of anilines is 2. The summed E-state index contributed by atoms with van der Waals surface area (Å²) in [7, 11) is 0. The van der Waals surface area contributed by atoms with Crippen LogP contribution in [-0.4, -0.2) is 9.97 Å². The Balaban J connectivity index is 2.25. The maximum absolute atomic E-state index is 12.5. The summed E-state index contributed by atoms with van der Waals surface area (Å²) in [5.74, 6) is 0.124. The molecule has 1 aromatic heterocycles. The molecule has 2 rings (SSSR count). The van der Waals surface area contributed by atoms with Crippen LogP contribution in [0.5, 0.6) is 0 Å². The minimum atomic E-state index is -2.62. The number of nitrogens with two attached hydrogens (primary N) is 1. The SMILES string of the molecule is NCc1cc(Br)cc(Nc2nccc(C(F)F)n2)c1. The van der Waals surface area contributed by atoms with Gasteiger partial charge in [0.15, 0.2) is 0 Å². The van der Waals surface area contributed by atoms with Crippen LogP contribution in [0.3, 0.4) is 0 Å². The third-order valence-corrected chi connectivity index (χ3v) is 2.81. The number of alkyl halides is 2. The summed E-state index contributed by atoms with van der Waals surface area (Å²) in [4.78, 5) is 7.63. The van der Waals surface area contributed by atoms with Crippen molar-refractivity contribution >= 4 is 27.6 Å². The summed E-state index contributed by atoms with van der Waals surface area (Å²) < 4.78 is 25.9. The average molecular weight is 329 g/mol. The molecule has 1 heterocycles. The van der Waals surface area contributed by atoms with Crippen LogP contribution < -0.4 is 11.1 Å². The molecule has 0 bridgehead atoms. The highest BCUT2D eigenvalue weighted by atomic mass is 79.9. The van der Waals surface area contributed by atoms with Gasteiger partial charge in [-0.1, -0.05) is 15.9 Å². The Morgan fingerprint density at radius 2 is 2.11 bits per heavy atom. The van der Waals surface area contributed by atoms with Crippen molar-refractivity contribution in [3.8, 4) is 0 Å². The molecule has 4 nitrogen and oxygen atoms in total. The van der Waals surface area contributed by atoms with Gasteiger partial charge in [0.1, 0.15) is 5.69 Å². The third-order valence-electron chi connectivity index (χ3n) is 2.35. The summed E-state index contributed by atoms with van der Waals surface area (Å²) in [6.45, 7) is 0.381. The molecule has 100 valence electrons. The molecule has 0 saturated carbocycles. The van der Waals surface area contributed by atoms with E-state index in [9.17, 15) is 8.78 Å². The first-order valence-electron chi connectivity index (χ1n) is 5.46. The maximum Gasteiger partial charge on any atom is 0.280 e. The highest BCUT2D eigenvalue weighted by Gasteiger charge is 2.10. The number of nitrogens with zero attached hydrogens (tertiary/aromatic N) is 2. The molecule has 0 radical (unpaired) electrons. The fourth-order valence-corrected chi connectivity index (χ4v) is 2.06. The van der Waals surface area contributed by atoms with E-state index in [1.165, 1.54) is 12.3 Å². The van der Waals surface area contributed by atoms with Gasteiger partial charge in [0.2, 0.25) is 5.95 Å². The van der Waals surface area contributed by atoms with Crippen LogP contribution in [0.4, 0.5) is 20.4 Å². The molecule has 0 fully saturated rings. The van der Waals surface area contributed by atoms with Crippen molar-refractivity contribution in [2.45, 2.75) is 13.0 Å². The Kier molecular flexibility index (Phi) is 4.39. The highest BCUT2D eigenvalue weighted by molar-refractivity contribution is 9.10. The van der Waals surface area contributed by atoms with Gasteiger partial charge < -0.3 is 11.1 Å². The lowest BCUT2D eigenvalue weighted by atomic mass is 10.2. The molecular formula is C12H11BrF2N4. The van der Waals surface area contributed by atoms with Gasteiger partial charge in [0.05, 0.1) is 0 Å². The molecule has 0 atom stereocenters. The molecule has 3 N–H and O–H groups in total. The lowest BCUT2D eigenvalue weighted by Gasteiger charge is -2.08. The first kappa shape index (κ1) is 13.8. The molecule has 0 spiro atoms. The van der Waals surface area contributed by atoms with Crippen molar-refractivity contribution in [3.05, 3.63) is 46.2 Å². The fourth-order valence-electron chi connectivity index (χ4n) is 1.52. The van der Waals surface area contributed by atoms with Crippen molar-refractivity contribution in [1.29, 1.82) is 0 Å². The quantitative estimate of drug-likeness (QED) is 0.903. The lowest BCUT2D eigenvalue weighted by molar-refractivity contribution is 0.146. The van der Waals surface area contributed by atoms with E-state index in [0.29, 0.717) is 12.2 Å². The summed E-state index contributed by atoms with van der Waals surface area (Å²) >= 11 is 3.35. The van der Waals surface area contributed by atoms with E-state index in [1.807, 2.05) is 12.1 Å². The highest BCUT2D eigenvalue weighted by Crippen LogP contribution is 2.22. The standard InChI is InChI=1S/C12H11BrF2N4/c13-8-3-7(6-16)4-9(5-8)18-12-17-2-1-10(19-12)11(14)15/h1-5,11H,6,16H2,(H,17,18,19). The fraction of sp³-hybridized carbons (Fsp3) is 0.167. The van der Waals surface area contributed by atoms with Crippen molar-refractivity contribution in [2.75, 3.05) is 5.32 Å². The van der Waals surface area contributed by atoms with Gasteiger partial charge in [-0.2, -0.15) is 0 Å². The number of halogens is 3. The first-order valence-corrected chi connectivity index (χ1v) is 6.25. The largest absolute Gasteiger partial charge is 0.326 e. The molecule has 0 aliphatic carbocycles. The predicted octanol–water partition coefficient (Wildman–Crippen LogP) is 3.38. The van der Waals surface area contributed by atoms with E-state index >= 15 is 0 Å². The van der Waals surface area contributed by atoms with Gasteiger partial charge in [-0.25, -0.2) is 18.7 Å². The van der Waals surface area contributed by atoms with Gasteiger partial charge in [-0.15, -0.1) is 0 Å². The second-order valence-corrected chi connectivity index (χ2v) is 4.70. The Labute approximate surface area is 117 Å². The predicted molar refractivity (Wildman–Crippen MR) is 72.3 cm³/mol. The molecular weight excluding hydrogens is 318 g/mol. The molecule has 0 aliphatic heterocycles. The van der Waals surface area contributed by atoms with Crippen LogP contribution >= 0.6 is 15.9 Å². The van der Waals surface area contributed by atoms with Gasteiger partial charge in [0, 0.05) is 22.9 Å². The molecule has 0 unspecified atom stereocenters. The van der Waals surface area contributed by atoms with Crippen molar-refractivity contribution < 1.29 is 8.78 Å². The topological polar surface area (TPSA) is 63.8 Å². The second-order valence-electron chi connectivity index (χ2n) is 3.78. The second kappa shape index (κ2) is 6.03. The molecule has 0 saturated heterocycles. The molecule has 19 heavy (non-hydrogen) atoms. The smallest absolute Gasteiger partial charge is 0.280 e. The Morgan fingerprint density at radius 1 is 1.32 bits per heavy atom. The van der Waals surface area contributed by atoms with Crippen LogP contribution in [0, 0.1) is 0 Å². The van der Waals surface area contributed by atoms with Crippen LogP contribution in [0.2, 0.25) is 0 Å². The zero-order valence-corrected chi connectivity index (χ0v) is 11.4. The van der Waals surface area contributed by atoms with Crippen LogP contribution in [-0.2, 0) is 6.54 Å². The van der Waals surface area contributed by atoms with Crippen molar-refractivity contribution in [3.63, 3.8) is 0 Å². The Hall–Kier alpha value is -1.60. The summed E-state index contributed by atoms with van der Waals surface area (Å²) in [6, 6.07) is 6.66. The molecule has 2 aromatic rings. The van der Waals surface area contributed by atoms with Crippen LogP contribution in [0.25, 0.3) is 0 Å². The first-order chi connectivity index (χ1) is 9.08. The molecule has 0 aliphatic rings. The van der Waals surface area contributed by atoms with E-state index in [2.05, 4.69) is 31.2 Å². The van der Waals surface area contributed by atoms with Gasteiger partial charge in [-0.05, 0) is 29.8 Å². The van der Waals surface area contributed by atoms with Gasteiger partial charge in [-0.3, -0.25) is 0 Å². The maximum atomic E-state index is 12.5. The van der Waals surface area contributed by atoms with E-state index in [0.717, 1.165) is 10.0 Å². The van der Waals surface area contributed by atoms with E-state index < -0.39 is 6.43 Å². The summed E-state index contributed by atoms with van der Waals surface area (Å²) in [5, 5.41) is 2.87. The zero-order valence-electron chi connectivity index (χ0n) is 9.78. The minimum absolute atomic E-state index is 0.124. The number of hydrogen-bond acceptors (Lipinski definition) is 4. The number of aromatic nitrogens is 2. The van der Waals surface area contributed by atoms with Crippen molar-refractivity contribution in [2.24, 2.45) is 5.73 Å². The molecule has 7 heteroatoms. The lowest BCUT2D eigenvalue weighted by Crippen LogP contribution is -2.02. The monoisotopic (exact) mass is 328 g/mol. The Morgan fingerprint density at radius 3 is 2.79 bits per heavy atom. The van der Waals surface area contributed by atoms with Crippen LogP contribution in [0.1, 0.15) is 17.7 Å². The third kappa shape index (κ3) is 3.68. The number of hydrogen-bond donors (Lipinski definition) is 2. The summed E-state index contributed by atoms with van der Waals surface area (Å²) in [5.41, 5.74) is 6.84. The normalized spacial score (nSPS) is 10.8. The zero-order chi connectivity index (χ0) is 13.8. The van der Waals surface area contributed by atoms with Gasteiger partial charge in [0.25, 0.3) is 6.43 Å². The van der Waals surface area contributed by atoms with Crippen LogP contribution in [0.15, 0.2) is 34.9 Å². The average Bonchev–Trinajstić information content (AvgIpc) is 2.38. The van der Waals surface area contributed by atoms with Gasteiger partial charge >= 0.3 is 0 Å². The van der Waals surface area contributed by atoms with Crippen molar-refractivity contribution in [1.82, 2.24) is 9.97 Å². The molecule has 0 amide bonds. The summed E-state index contributed by atoms with van der Waals surface area (Å²) in [6.07, 6.45) is -1.33. The molecule has 1 aromatic carbocycles. The minimum Gasteiger partial charge on any atom is -0.326 e. The number of rotatable bonds is 4. The number of nitrogens with one attached hydrogen (secondary N) is 1.